The molecule has 1 saturated heterocycles. The molecule has 1 heterocycles. The summed E-state index contributed by atoms with van der Waals surface area (Å²) in [6.45, 7) is 5.06. The summed E-state index contributed by atoms with van der Waals surface area (Å²) < 4.78 is 5.74. The molecule has 0 unspecified atom stereocenters. The zero-order chi connectivity index (χ0) is 16.8. The maximum atomic E-state index is 12.2. The number of carbonyl (C=O) groups is 2. The lowest BCUT2D eigenvalue weighted by atomic mass is 10.1. The largest absolute Gasteiger partial charge is 0.375 e. The first-order chi connectivity index (χ1) is 11.0. The van der Waals surface area contributed by atoms with E-state index in [4.69, 9.17) is 11.2 Å². The van der Waals surface area contributed by atoms with Crippen molar-refractivity contribution in [2.75, 3.05) is 18.4 Å². The fourth-order valence-corrected chi connectivity index (χ4v) is 2.59. The van der Waals surface area contributed by atoms with Gasteiger partial charge in [0, 0.05) is 24.3 Å². The van der Waals surface area contributed by atoms with Gasteiger partial charge in [0.1, 0.15) is 0 Å². The minimum Gasteiger partial charge on any atom is -0.375 e. The second kappa shape index (κ2) is 7.80. The Morgan fingerprint density at radius 3 is 2.65 bits per heavy atom. The van der Waals surface area contributed by atoms with Gasteiger partial charge < -0.3 is 15.0 Å². The third kappa shape index (κ3) is 4.83. The number of terminal acetylenes is 1. The number of nitrogens with one attached hydrogen (secondary N) is 1. The number of anilines is 1. The summed E-state index contributed by atoms with van der Waals surface area (Å²) in [5, 5.41) is 2.60. The van der Waals surface area contributed by atoms with Crippen molar-refractivity contribution in [2.45, 2.75) is 38.9 Å². The van der Waals surface area contributed by atoms with Crippen molar-refractivity contribution in [3.63, 3.8) is 0 Å². The number of nitrogens with zero attached hydrogens (tertiary/aromatic N) is 1. The topological polar surface area (TPSA) is 58.6 Å². The maximum absolute atomic E-state index is 12.2. The Morgan fingerprint density at radius 2 is 2.04 bits per heavy atom. The predicted molar refractivity (Wildman–Crippen MR) is 88.8 cm³/mol. The van der Waals surface area contributed by atoms with Gasteiger partial charge in [-0.3, -0.25) is 9.59 Å². The molecule has 5 nitrogen and oxygen atoms in total. The first kappa shape index (κ1) is 17.0. The lowest BCUT2D eigenvalue weighted by molar-refractivity contribution is -0.145. The smallest absolute Gasteiger partial charge is 0.313 e. The molecule has 0 radical (unpaired) electrons. The molecule has 0 spiro atoms. The van der Waals surface area contributed by atoms with E-state index in [1.807, 2.05) is 13.8 Å². The summed E-state index contributed by atoms with van der Waals surface area (Å²) in [6.07, 6.45) is 7.17. The van der Waals surface area contributed by atoms with Crippen LogP contribution in [0.4, 0.5) is 5.69 Å². The van der Waals surface area contributed by atoms with Gasteiger partial charge in [-0.2, -0.15) is 0 Å². The van der Waals surface area contributed by atoms with E-state index < -0.39 is 11.8 Å². The minimum atomic E-state index is -0.637. The van der Waals surface area contributed by atoms with Crippen LogP contribution in [0, 0.1) is 12.3 Å². The molecule has 23 heavy (non-hydrogen) atoms. The monoisotopic (exact) mass is 314 g/mol. The van der Waals surface area contributed by atoms with Crippen molar-refractivity contribution in [3.8, 4) is 12.3 Å². The summed E-state index contributed by atoms with van der Waals surface area (Å²) in [7, 11) is 0. The molecule has 1 N–H and O–H groups in total. The van der Waals surface area contributed by atoms with Crippen molar-refractivity contribution in [1.29, 1.82) is 0 Å². The van der Waals surface area contributed by atoms with Gasteiger partial charge in [0.15, 0.2) is 0 Å². The average molecular weight is 314 g/mol. The highest BCUT2D eigenvalue weighted by Crippen LogP contribution is 2.16. The Kier molecular flexibility index (Phi) is 5.78. The third-order valence-electron chi connectivity index (χ3n) is 3.68. The normalized spacial score (nSPS) is 15.3. The molecule has 1 aliphatic rings. The Morgan fingerprint density at radius 1 is 1.35 bits per heavy atom. The predicted octanol–water partition coefficient (Wildman–Crippen LogP) is 2.02. The zero-order valence-electron chi connectivity index (χ0n) is 13.5. The Balaban J connectivity index is 1.88. The van der Waals surface area contributed by atoms with Crippen LogP contribution >= 0.6 is 0 Å². The first-order valence-corrected chi connectivity index (χ1v) is 7.82. The van der Waals surface area contributed by atoms with Crippen molar-refractivity contribution < 1.29 is 14.3 Å². The van der Waals surface area contributed by atoms with Gasteiger partial charge >= 0.3 is 11.8 Å². The second-order valence-corrected chi connectivity index (χ2v) is 5.86. The summed E-state index contributed by atoms with van der Waals surface area (Å²) in [5.41, 5.74) is 1.18. The molecular formula is C18H22N2O3. The Labute approximate surface area is 137 Å². The fraction of sp³-hybridized carbons (Fsp3) is 0.444. The van der Waals surface area contributed by atoms with Gasteiger partial charge in [-0.1, -0.05) is 12.0 Å². The molecule has 0 aliphatic carbocycles. The highest BCUT2D eigenvalue weighted by Gasteiger charge is 2.27. The Hall–Kier alpha value is -2.32. The number of carbonyl (C=O) groups excluding carboxylic acids is 2. The van der Waals surface area contributed by atoms with E-state index in [0.717, 1.165) is 12.8 Å². The zero-order valence-corrected chi connectivity index (χ0v) is 13.5. The molecule has 5 heteroatoms. The first-order valence-electron chi connectivity index (χ1n) is 7.82. The Bertz CT molecular complexity index is 611. The van der Waals surface area contributed by atoms with Gasteiger partial charge in [-0.15, -0.1) is 6.42 Å². The number of rotatable bonds is 3. The molecule has 0 saturated carbocycles. The summed E-state index contributed by atoms with van der Waals surface area (Å²) in [5.74, 6) is 1.34. The number of amides is 2. The van der Waals surface area contributed by atoms with Crippen LogP contribution in [-0.4, -0.2) is 42.0 Å². The summed E-state index contributed by atoms with van der Waals surface area (Å²) in [6, 6.07) is 6.86. The highest BCUT2D eigenvalue weighted by molar-refractivity contribution is 6.39. The van der Waals surface area contributed by atoms with Crippen LogP contribution in [0.15, 0.2) is 24.3 Å². The highest BCUT2D eigenvalue weighted by atomic mass is 16.5. The molecule has 2 rings (SSSR count). The lowest BCUT2D eigenvalue weighted by Crippen LogP contribution is -2.46. The van der Waals surface area contributed by atoms with Crippen LogP contribution in [0.5, 0.6) is 0 Å². The van der Waals surface area contributed by atoms with Gasteiger partial charge in [0.05, 0.1) is 12.2 Å². The van der Waals surface area contributed by atoms with E-state index in [-0.39, 0.29) is 12.2 Å². The molecule has 1 aromatic carbocycles. The van der Waals surface area contributed by atoms with Crippen molar-refractivity contribution in [1.82, 2.24) is 4.90 Å². The van der Waals surface area contributed by atoms with Crippen LogP contribution in [0.3, 0.4) is 0 Å². The van der Waals surface area contributed by atoms with Crippen molar-refractivity contribution in [2.24, 2.45) is 0 Å². The minimum absolute atomic E-state index is 0.162. The van der Waals surface area contributed by atoms with E-state index in [9.17, 15) is 9.59 Å². The number of ether oxygens (including phenoxy) is 1. The van der Waals surface area contributed by atoms with E-state index in [1.165, 1.54) is 0 Å². The van der Waals surface area contributed by atoms with E-state index in [0.29, 0.717) is 24.3 Å². The molecule has 122 valence electrons. The van der Waals surface area contributed by atoms with E-state index in [2.05, 4.69) is 11.2 Å². The number of benzene rings is 1. The van der Waals surface area contributed by atoms with E-state index in [1.54, 1.807) is 29.2 Å². The molecule has 1 aliphatic heterocycles. The fourth-order valence-electron chi connectivity index (χ4n) is 2.59. The van der Waals surface area contributed by atoms with Crippen LogP contribution in [-0.2, 0) is 14.3 Å². The number of hydrogen-bond acceptors (Lipinski definition) is 3. The van der Waals surface area contributed by atoms with Gasteiger partial charge in [-0.05, 0) is 44.9 Å². The molecule has 0 aromatic heterocycles. The number of hydrogen-bond donors (Lipinski definition) is 1. The van der Waals surface area contributed by atoms with Crippen LogP contribution in [0.25, 0.3) is 0 Å². The molecule has 0 atom stereocenters. The number of piperidine rings is 1. The number of likely N-dealkylation sites (tertiary alicyclic amines) is 1. The molecular weight excluding hydrogens is 292 g/mol. The second-order valence-electron chi connectivity index (χ2n) is 5.86. The van der Waals surface area contributed by atoms with Crippen molar-refractivity contribution in [3.05, 3.63) is 29.8 Å². The van der Waals surface area contributed by atoms with Crippen LogP contribution < -0.4 is 5.32 Å². The standard InChI is InChI=1S/C18H22N2O3/c1-4-14-6-5-7-15(12-14)19-17(21)18(22)20-10-8-16(9-11-20)23-13(2)3/h1,5-7,12-13,16H,8-11H2,2-3H3,(H,19,21). The summed E-state index contributed by atoms with van der Waals surface area (Å²) >= 11 is 0. The molecule has 2 amide bonds. The summed E-state index contributed by atoms with van der Waals surface area (Å²) in [4.78, 5) is 25.9. The SMILES string of the molecule is C#Cc1cccc(NC(=O)C(=O)N2CCC(OC(C)C)CC2)c1. The van der Waals surface area contributed by atoms with E-state index >= 15 is 0 Å². The third-order valence-corrected chi connectivity index (χ3v) is 3.68. The van der Waals surface area contributed by atoms with Gasteiger partial charge in [0.25, 0.3) is 0 Å². The molecule has 0 bridgehead atoms. The van der Waals surface area contributed by atoms with Gasteiger partial charge in [0.2, 0.25) is 0 Å². The van der Waals surface area contributed by atoms with Crippen molar-refractivity contribution >= 4 is 17.5 Å². The van der Waals surface area contributed by atoms with Gasteiger partial charge in [-0.25, -0.2) is 0 Å². The van der Waals surface area contributed by atoms with Crippen LogP contribution in [0.1, 0.15) is 32.3 Å². The molecule has 1 aromatic rings. The average Bonchev–Trinajstić information content (AvgIpc) is 2.54. The quantitative estimate of drug-likeness (QED) is 0.686. The van der Waals surface area contributed by atoms with Crippen LogP contribution in [0.2, 0.25) is 0 Å². The molecule has 1 fully saturated rings. The maximum Gasteiger partial charge on any atom is 0.313 e. The lowest BCUT2D eigenvalue weighted by Gasteiger charge is -2.32.